The molecule has 4 heteroatoms. The zero-order chi connectivity index (χ0) is 13.9. The molecule has 0 aliphatic carbocycles. The smallest absolute Gasteiger partial charge is 0.120 e. The third kappa shape index (κ3) is 3.89. The van der Waals surface area contributed by atoms with Crippen LogP contribution < -0.4 is 5.32 Å². The van der Waals surface area contributed by atoms with Crippen LogP contribution in [0.2, 0.25) is 0 Å². The van der Waals surface area contributed by atoms with Crippen molar-refractivity contribution in [2.24, 2.45) is 0 Å². The van der Waals surface area contributed by atoms with Gasteiger partial charge in [-0.05, 0) is 50.1 Å². The third-order valence-electron chi connectivity index (χ3n) is 3.80. The SMILES string of the molecule is CCC(NCC1(C)CCCS1)c1cc(Br)ccc1O. The molecule has 1 saturated heterocycles. The van der Waals surface area contributed by atoms with Gasteiger partial charge in [0.05, 0.1) is 0 Å². The Morgan fingerprint density at radius 1 is 1.53 bits per heavy atom. The van der Waals surface area contributed by atoms with Crippen molar-refractivity contribution in [3.63, 3.8) is 0 Å². The van der Waals surface area contributed by atoms with Gasteiger partial charge in [0.2, 0.25) is 0 Å². The highest BCUT2D eigenvalue weighted by Gasteiger charge is 2.30. The first-order valence-electron chi connectivity index (χ1n) is 6.90. The molecule has 106 valence electrons. The summed E-state index contributed by atoms with van der Waals surface area (Å²) in [4.78, 5) is 0. The standard InChI is InChI=1S/C15H22BrNOS/c1-3-13(12-9-11(16)5-6-14(12)18)17-10-15(2)7-4-8-19-15/h5-6,9,13,17-18H,3-4,7-8,10H2,1-2H3. The van der Waals surface area contributed by atoms with Gasteiger partial charge in [-0.25, -0.2) is 0 Å². The van der Waals surface area contributed by atoms with Gasteiger partial charge in [-0.15, -0.1) is 0 Å². The molecule has 0 radical (unpaired) electrons. The maximum absolute atomic E-state index is 10.0. The molecule has 0 saturated carbocycles. The molecule has 0 spiro atoms. The Balaban J connectivity index is 2.05. The fourth-order valence-corrected chi connectivity index (χ4v) is 4.23. The lowest BCUT2D eigenvalue weighted by atomic mass is 10.0. The molecule has 1 aromatic carbocycles. The summed E-state index contributed by atoms with van der Waals surface area (Å²) in [5.41, 5.74) is 0.989. The van der Waals surface area contributed by atoms with Gasteiger partial charge in [0, 0.05) is 27.4 Å². The van der Waals surface area contributed by atoms with Crippen LogP contribution in [0.15, 0.2) is 22.7 Å². The van der Waals surface area contributed by atoms with E-state index in [1.54, 1.807) is 6.07 Å². The van der Waals surface area contributed by atoms with Gasteiger partial charge in [-0.2, -0.15) is 11.8 Å². The van der Waals surface area contributed by atoms with Crippen molar-refractivity contribution in [1.82, 2.24) is 5.32 Å². The second-order valence-electron chi connectivity index (χ2n) is 5.45. The number of halogens is 1. The number of benzene rings is 1. The molecule has 0 bridgehead atoms. The lowest BCUT2D eigenvalue weighted by Crippen LogP contribution is -2.35. The first kappa shape index (κ1) is 15.2. The minimum absolute atomic E-state index is 0.218. The number of rotatable bonds is 5. The molecule has 1 heterocycles. The Hall–Kier alpha value is -0.190. The van der Waals surface area contributed by atoms with Crippen molar-refractivity contribution in [3.05, 3.63) is 28.2 Å². The quantitative estimate of drug-likeness (QED) is 0.826. The number of aromatic hydroxyl groups is 1. The van der Waals surface area contributed by atoms with Gasteiger partial charge in [-0.1, -0.05) is 22.9 Å². The van der Waals surface area contributed by atoms with Crippen LogP contribution in [0.3, 0.4) is 0 Å². The number of hydrogen-bond acceptors (Lipinski definition) is 3. The third-order valence-corrected chi connectivity index (χ3v) is 5.83. The van der Waals surface area contributed by atoms with E-state index >= 15 is 0 Å². The Kier molecular flexibility index (Phi) is 5.21. The molecular weight excluding hydrogens is 322 g/mol. The molecule has 1 fully saturated rings. The van der Waals surface area contributed by atoms with E-state index in [0.717, 1.165) is 23.0 Å². The maximum atomic E-state index is 10.0. The average molecular weight is 344 g/mol. The van der Waals surface area contributed by atoms with Crippen LogP contribution in [0.25, 0.3) is 0 Å². The van der Waals surface area contributed by atoms with Crippen molar-refractivity contribution in [2.45, 2.75) is 43.9 Å². The van der Waals surface area contributed by atoms with Gasteiger partial charge in [-0.3, -0.25) is 0 Å². The molecule has 2 rings (SSSR count). The van der Waals surface area contributed by atoms with Crippen molar-refractivity contribution >= 4 is 27.7 Å². The van der Waals surface area contributed by atoms with Crippen LogP contribution in [0, 0.1) is 0 Å². The molecule has 1 aliphatic heterocycles. The minimum Gasteiger partial charge on any atom is -0.508 e. The largest absolute Gasteiger partial charge is 0.508 e. The Labute approximate surface area is 128 Å². The molecule has 0 amide bonds. The van der Waals surface area contributed by atoms with Crippen molar-refractivity contribution in [2.75, 3.05) is 12.3 Å². The van der Waals surface area contributed by atoms with E-state index < -0.39 is 0 Å². The van der Waals surface area contributed by atoms with E-state index in [1.165, 1.54) is 18.6 Å². The predicted octanol–water partition coefficient (Wildman–Crippen LogP) is 4.48. The van der Waals surface area contributed by atoms with Crippen LogP contribution in [0.1, 0.15) is 44.7 Å². The van der Waals surface area contributed by atoms with Crippen molar-refractivity contribution in [1.29, 1.82) is 0 Å². The lowest BCUT2D eigenvalue weighted by molar-refractivity contribution is 0.426. The van der Waals surface area contributed by atoms with Gasteiger partial charge >= 0.3 is 0 Å². The number of thioether (sulfide) groups is 1. The summed E-state index contributed by atoms with van der Waals surface area (Å²) in [5.74, 6) is 1.66. The summed E-state index contributed by atoms with van der Waals surface area (Å²) < 4.78 is 1.37. The fourth-order valence-electron chi connectivity index (χ4n) is 2.59. The van der Waals surface area contributed by atoms with E-state index in [0.29, 0.717) is 10.5 Å². The second-order valence-corrected chi connectivity index (χ2v) is 8.04. The summed E-state index contributed by atoms with van der Waals surface area (Å²) in [7, 11) is 0. The maximum Gasteiger partial charge on any atom is 0.120 e. The molecule has 2 unspecified atom stereocenters. The van der Waals surface area contributed by atoms with Crippen LogP contribution in [-0.4, -0.2) is 22.2 Å². The van der Waals surface area contributed by atoms with Gasteiger partial charge in [0.15, 0.2) is 0 Å². The Morgan fingerprint density at radius 3 is 2.95 bits per heavy atom. The zero-order valence-electron chi connectivity index (χ0n) is 11.6. The molecule has 2 atom stereocenters. The predicted molar refractivity (Wildman–Crippen MR) is 86.9 cm³/mol. The number of nitrogens with one attached hydrogen (secondary N) is 1. The normalized spacial score (nSPS) is 24.6. The Bertz CT molecular complexity index is 432. The summed E-state index contributed by atoms with van der Waals surface area (Å²) in [5, 5.41) is 13.7. The zero-order valence-corrected chi connectivity index (χ0v) is 14.0. The van der Waals surface area contributed by atoms with E-state index in [-0.39, 0.29) is 6.04 Å². The number of hydrogen-bond donors (Lipinski definition) is 2. The molecule has 1 aromatic rings. The monoisotopic (exact) mass is 343 g/mol. The lowest BCUT2D eigenvalue weighted by Gasteiger charge is -2.27. The van der Waals surface area contributed by atoms with Gasteiger partial charge in [0.25, 0.3) is 0 Å². The van der Waals surface area contributed by atoms with Crippen LogP contribution in [-0.2, 0) is 0 Å². The Morgan fingerprint density at radius 2 is 2.32 bits per heavy atom. The van der Waals surface area contributed by atoms with Gasteiger partial charge < -0.3 is 10.4 Å². The first-order valence-corrected chi connectivity index (χ1v) is 8.68. The summed E-state index contributed by atoms with van der Waals surface area (Å²) in [6.45, 7) is 5.50. The minimum atomic E-state index is 0.218. The number of phenols is 1. The van der Waals surface area contributed by atoms with Crippen LogP contribution >= 0.6 is 27.7 Å². The fraction of sp³-hybridized carbons (Fsp3) is 0.600. The average Bonchev–Trinajstić information content (AvgIpc) is 2.81. The summed E-state index contributed by atoms with van der Waals surface area (Å²) in [6.07, 6.45) is 3.58. The highest BCUT2D eigenvalue weighted by Crippen LogP contribution is 2.38. The molecule has 0 aromatic heterocycles. The topological polar surface area (TPSA) is 32.3 Å². The van der Waals surface area contributed by atoms with Crippen molar-refractivity contribution < 1.29 is 5.11 Å². The van der Waals surface area contributed by atoms with E-state index in [2.05, 4.69) is 46.9 Å². The molecule has 19 heavy (non-hydrogen) atoms. The van der Waals surface area contributed by atoms with Crippen molar-refractivity contribution in [3.8, 4) is 5.75 Å². The summed E-state index contributed by atoms with van der Waals surface area (Å²) in [6, 6.07) is 5.87. The molecule has 2 nitrogen and oxygen atoms in total. The van der Waals surface area contributed by atoms with E-state index in [1.807, 2.05) is 12.1 Å². The molecule has 2 N–H and O–H groups in total. The highest BCUT2D eigenvalue weighted by molar-refractivity contribution is 9.10. The van der Waals surface area contributed by atoms with Gasteiger partial charge in [0.1, 0.15) is 5.75 Å². The van der Waals surface area contributed by atoms with Crippen LogP contribution in [0.4, 0.5) is 0 Å². The first-order chi connectivity index (χ1) is 9.04. The number of phenolic OH excluding ortho intramolecular Hbond substituents is 1. The highest BCUT2D eigenvalue weighted by atomic mass is 79.9. The second kappa shape index (κ2) is 6.51. The van der Waals surface area contributed by atoms with E-state index in [9.17, 15) is 5.11 Å². The molecular formula is C15H22BrNOS. The van der Waals surface area contributed by atoms with Crippen LogP contribution in [0.5, 0.6) is 5.75 Å². The summed E-state index contributed by atoms with van der Waals surface area (Å²) >= 11 is 5.54. The van der Waals surface area contributed by atoms with E-state index in [4.69, 9.17) is 0 Å². The molecule has 1 aliphatic rings.